The van der Waals surface area contributed by atoms with Gasteiger partial charge in [-0.15, -0.1) is 0 Å². The molecule has 0 atom stereocenters. The summed E-state index contributed by atoms with van der Waals surface area (Å²) in [6.45, 7) is 3.97. The minimum Gasteiger partial charge on any atom is -0.353 e. The Kier molecular flexibility index (Phi) is 5.36. The van der Waals surface area contributed by atoms with Crippen LogP contribution in [-0.2, 0) is 16.4 Å². The Morgan fingerprint density at radius 2 is 1.57 bits per heavy atom. The van der Waals surface area contributed by atoms with Gasteiger partial charge >= 0.3 is 0 Å². The minimum absolute atomic E-state index is 0.329. The molecule has 0 radical (unpaired) electrons. The molecule has 0 saturated carbocycles. The van der Waals surface area contributed by atoms with E-state index in [4.69, 9.17) is 0 Å². The van der Waals surface area contributed by atoms with E-state index in [1.165, 1.54) is 0 Å². The second-order valence-corrected chi connectivity index (χ2v) is 8.67. The van der Waals surface area contributed by atoms with Crippen molar-refractivity contribution in [1.82, 2.24) is 14.9 Å². The fourth-order valence-corrected chi connectivity index (χ4v) is 4.96. The number of nitrogens with zero attached hydrogens (tertiary/aromatic N) is 4. The highest BCUT2D eigenvalue weighted by molar-refractivity contribution is 7.91. The number of rotatable bonds is 5. The quantitative estimate of drug-likeness (QED) is 0.663. The van der Waals surface area contributed by atoms with Crippen molar-refractivity contribution in [3.63, 3.8) is 0 Å². The fourth-order valence-electron chi connectivity index (χ4n) is 3.45. The van der Waals surface area contributed by atoms with Gasteiger partial charge in [-0.05, 0) is 23.8 Å². The van der Waals surface area contributed by atoms with E-state index in [0.29, 0.717) is 16.3 Å². The number of piperazine rings is 1. The van der Waals surface area contributed by atoms with Crippen LogP contribution in [0.5, 0.6) is 0 Å². The summed E-state index contributed by atoms with van der Waals surface area (Å²) in [6, 6.07) is 15.9. The predicted molar refractivity (Wildman–Crippen MR) is 108 cm³/mol. The van der Waals surface area contributed by atoms with Crippen LogP contribution in [0, 0.1) is 0 Å². The molecule has 0 unspecified atom stereocenters. The highest BCUT2D eigenvalue weighted by atomic mass is 32.2. The maximum atomic E-state index is 13.1. The molecule has 4 rings (SSSR count). The van der Waals surface area contributed by atoms with E-state index in [1.54, 1.807) is 55.0 Å². The molecule has 0 spiro atoms. The molecule has 0 aliphatic carbocycles. The van der Waals surface area contributed by atoms with Gasteiger partial charge in [0, 0.05) is 45.1 Å². The lowest BCUT2D eigenvalue weighted by Crippen LogP contribution is -2.46. The SMILES string of the molecule is O=S(=O)(c1ccccc1)c1ccccc1CN1CCN(c2cnccn2)CC1. The summed E-state index contributed by atoms with van der Waals surface area (Å²) in [7, 11) is -3.53. The molecule has 144 valence electrons. The molecule has 1 aromatic heterocycles. The summed E-state index contributed by atoms with van der Waals surface area (Å²) in [5.74, 6) is 0.884. The molecule has 3 aromatic rings. The van der Waals surface area contributed by atoms with Gasteiger partial charge in [-0.25, -0.2) is 13.4 Å². The van der Waals surface area contributed by atoms with Gasteiger partial charge in [-0.3, -0.25) is 9.88 Å². The summed E-state index contributed by atoms with van der Waals surface area (Å²) in [4.78, 5) is 13.7. The van der Waals surface area contributed by atoms with Crippen LogP contribution in [0.4, 0.5) is 5.82 Å². The molecule has 1 aliphatic heterocycles. The Balaban J connectivity index is 1.50. The standard InChI is InChI=1S/C21H22N4O2S/c26-28(27,19-7-2-1-3-8-19)20-9-5-4-6-18(20)17-24-12-14-25(15-13-24)21-16-22-10-11-23-21/h1-11,16H,12-15,17H2. The first-order valence-corrected chi connectivity index (χ1v) is 10.7. The van der Waals surface area contributed by atoms with Crippen LogP contribution < -0.4 is 4.90 Å². The monoisotopic (exact) mass is 394 g/mol. The molecule has 1 aliphatic rings. The molecular weight excluding hydrogens is 372 g/mol. The van der Waals surface area contributed by atoms with Crippen LogP contribution in [0.1, 0.15) is 5.56 Å². The van der Waals surface area contributed by atoms with Gasteiger partial charge in [0.25, 0.3) is 0 Å². The highest BCUT2D eigenvalue weighted by Crippen LogP contribution is 2.25. The lowest BCUT2D eigenvalue weighted by molar-refractivity contribution is 0.247. The van der Waals surface area contributed by atoms with Crippen LogP contribution in [0.15, 0.2) is 83.0 Å². The molecule has 2 heterocycles. The van der Waals surface area contributed by atoms with Gasteiger partial charge in [0.15, 0.2) is 0 Å². The van der Waals surface area contributed by atoms with Crippen LogP contribution >= 0.6 is 0 Å². The first-order valence-electron chi connectivity index (χ1n) is 9.26. The van der Waals surface area contributed by atoms with Crippen molar-refractivity contribution in [3.05, 3.63) is 78.8 Å². The Labute approximate surface area is 165 Å². The van der Waals surface area contributed by atoms with Gasteiger partial charge < -0.3 is 4.90 Å². The largest absolute Gasteiger partial charge is 0.353 e. The second-order valence-electron chi connectivity index (χ2n) is 6.75. The van der Waals surface area contributed by atoms with E-state index in [-0.39, 0.29) is 0 Å². The third-order valence-corrected chi connectivity index (χ3v) is 6.83. The molecule has 0 bridgehead atoms. The molecule has 1 saturated heterocycles. The third-order valence-electron chi connectivity index (χ3n) is 4.96. The number of hydrogen-bond donors (Lipinski definition) is 0. The van der Waals surface area contributed by atoms with Gasteiger partial charge in [-0.1, -0.05) is 36.4 Å². The Morgan fingerprint density at radius 3 is 2.29 bits per heavy atom. The van der Waals surface area contributed by atoms with Crippen LogP contribution in [0.25, 0.3) is 0 Å². The van der Waals surface area contributed by atoms with Crippen LogP contribution in [0.2, 0.25) is 0 Å². The van der Waals surface area contributed by atoms with Crippen molar-refractivity contribution in [2.45, 2.75) is 16.3 Å². The molecule has 0 N–H and O–H groups in total. The molecule has 6 nitrogen and oxygen atoms in total. The average molecular weight is 395 g/mol. The summed E-state index contributed by atoms with van der Waals surface area (Å²) in [5, 5.41) is 0. The van der Waals surface area contributed by atoms with E-state index >= 15 is 0 Å². The highest BCUT2D eigenvalue weighted by Gasteiger charge is 2.23. The number of aromatic nitrogens is 2. The number of sulfone groups is 1. The average Bonchev–Trinajstić information content (AvgIpc) is 2.76. The number of hydrogen-bond acceptors (Lipinski definition) is 6. The molecule has 28 heavy (non-hydrogen) atoms. The number of benzene rings is 2. The van der Waals surface area contributed by atoms with Crippen molar-refractivity contribution in [1.29, 1.82) is 0 Å². The predicted octanol–water partition coefficient (Wildman–Crippen LogP) is 2.63. The van der Waals surface area contributed by atoms with Gasteiger partial charge in [0.1, 0.15) is 5.82 Å². The Hall–Kier alpha value is -2.77. The zero-order valence-electron chi connectivity index (χ0n) is 15.5. The Bertz CT molecular complexity index is 1020. The first kappa shape index (κ1) is 18.6. The fraction of sp³-hybridized carbons (Fsp3) is 0.238. The normalized spacial score (nSPS) is 15.5. The molecule has 0 amide bonds. The van der Waals surface area contributed by atoms with Crippen LogP contribution in [0.3, 0.4) is 0 Å². The maximum Gasteiger partial charge on any atom is 0.206 e. The number of anilines is 1. The third kappa shape index (κ3) is 3.90. The zero-order valence-corrected chi connectivity index (χ0v) is 16.3. The second kappa shape index (κ2) is 8.08. The van der Waals surface area contributed by atoms with E-state index in [9.17, 15) is 8.42 Å². The van der Waals surface area contributed by atoms with Gasteiger partial charge in [0.2, 0.25) is 9.84 Å². The summed E-state index contributed by atoms with van der Waals surface area (Å²) < 4.78 is 26.2. The van der Waals surface area contributed by atoms with E-state index in [0.717, 1.165) is 37.6 Å². The van der Waals surface area contributed by atoms with Crippen LogP contribution in [-0.4, -0.2) is 49.5 Å². The van der Waals surface area contributed by atoms with E-state index < -0.39 is 9.84 Å². The summed E-state index contributed by atoms with van der Waals surface area (Å²) in [6.07, 6.45) is 5.15. The molecule has 2 aromatic carbocycles. The van der Waals surface area contributed by atoms with E-state index in [1.807, 2.05) is 18.2 Å². The summed E-state index contributed by atoms with van der Waals surface area (Å²) in [5.41, 5.74) is 0.833. The van der Waals surface area contributed by atoms with Gasteiger partial charge in [-0.2, -0.15) is 0 Å². The van der Waals surface area contributed by atoms with Crippen molar-refractivity contribution < 1.29 is 8.42 Å². The van der Waals surface area contributed by atoms with Gasteiger partial charge in [0.05, 0.1) is 16.0 Å². The molecule has 1 fully saturated rings. The lowest BCUT2D eigenvalue weighted by Gasteiger charge is -2.35. The van der Waals surface area contributed by atoms with Crippen molar-refractivity contribution in [3.8, 4) is 0 Å². The first-order chi connectivity index (χ1) is 13.6. The van der Waals surface area contributed by atoms with Crippen molar-refractivity contribution >= 4 is 15.7 Å². The van der Waals surface area contributed by atoms with E-state index in [2.05, 4.69) is 19.8 Å². The minimum atomic E-state index is -3.53. The molecule has 7 heteroatoms. The lowest BCUT2D eigenvalue weighted by atomic mass is 10.2. The summed E-state index contributed by atoms with van der Waals surface area (Å²) >= 11 is 0. The Morgan fingerprint density at radius 1 is 0.857 bits per heavy atom. The van der Waals surface area contributed by atoms with Crippen molar-refractivity contribution in [2.75, 3.05) is 31.1 Å². The molecular formula is C21H22N4O2S. The smallest absolute Gasteiger partial charge is 0.206 e. The van der Waals surface area contributed by atoms with Crippen molar-refractivity contribution in [2.24, 2.45) is 0 Å². The topological polar surface area (TPSA) is 66.4 Å². The maximum absolute atomic E-state index is 13.1. The zero-order chi connectivity index (χ0) is 19.4.